The first-order chi connectivity index (χ1) is 9.85. The second-order valence-electron chi connectivity index (χ2n) is 4.43. The van der Waals surface area contributed by atoms with Gasteiger partial charge in [0.05, 0.1) is 22.2 Å². The highest BCUT2D eigenvalue weighted by Gasteiger charge is 2.19. The minimum Gasteiger partial charge on any atom is -0.392 e. The van der Waals surface area contributed by atoms with Crippen LogP contribution in [0.4, 0.5) is 5.69 Å². The summed E-state index contributed by atoms with van der Waals surface area (Å²) >= 11 is 9.29. The van der Waals surface area contributed by atoms with E-state index in [1.807, 2.05) is 0 Å². The molecule has 0 aliphatic rings. The van der Waals surface area contributed by atoms with E-state index in [4.69, 9.17) is 11.6 Å². The summed E-state index contributed by atoms with van der Waals surface area (Å²) in [4.78, 5) is 0.119. The first-order valence-corrected chi connectivity index (χ1v) is 8.68. The molecule has 21 heavy (non-hydrogen) atoms. The van der Waals surface area contributed by atoms with Crippen LogP contribution in [0.25, 0.3) is 0 Å². The van der Waals surface area contributed by atoms with Crippen molar-refractivity contribution in [2.75, 3.05) is 4.72 Å². The molecular formula is C14H13BrClNO3S. The Labute approximate surface area is 136 Å². The largest absolute Gasteiger partial charge is 0.392 e. The zero-order valence-corrected chi connectivity index (χ0v) is 14.3. The number of anilines is 1. The fourth-order valence-electron chi connectivity index (χ4n) is 1.89. The highest BCUT2D eigenvalue weighted by Crippen LogP contribution is 2.29. The number of hydrogen-bond donors (Lipinski definition) is 2. The zero-order valence-electron chi connectivity index (χ0n) is 11.1. The molecule has 0 saturated carbocycles. The minimum absolute atomic E-state index is 0.119. The Balaban J connectivity index is 2.43. The normalized spacial score (nSPS) is 11.4. The standard InChI is InChI=1S/C14H13BrClNO3S/c1-9-10(8-18)3-2-4-14(9)21(19,20)17-13-6-5-11(15)7-12(13)16/h2-7,17-18H,8H2,1H3. The van der Waals surface area contributed by atoms with Gasteiger partial charge in [-0.25, -0.2) is 8.42 Å². The molecule has 112 valence electrons. The molecule has 0 amide bonds. The molecule has 0 aliphatic heterocycles. The molecule has 0 atom stereocenters. The van der Waals surface area contributed by atoms with E-state index >= 15 is 0 Å². The minimum atomic E-state index is -3.77. The second-order valence-corrected chi connectivity index (χ2v) is 7.40. The zero-order chi connectivity index (χ0) is 15.6. The molecule has 2 N–H and O–H groups in total. The summed E-state index contributed by atoms with van der Waals surface area (Å²) in [5, 5.41) is 9.53. The van der Waals surface area contributed by atoms with E-state index in [1.54, 1.807) is 37.3 Å². The molecule has 2 aromatic rings. The summed E-state index contributed by atoms with van der Waals surface area (Å²) in [6, 6.07) is 9.65. The molecular weight excluding hydrogens is 378 g/mol. The molecule has 0 bridgehead atoms. The Morgan fingerprint density at radius 3 is 2.62 bits per heavy atom. The van der Waals surface area contributed by atoms with Crippen molar-refractivity contribution in [3.63, 3.8) is 0 Å². The number of halogens is 2. The molecule has 2 aromatic carbocycles. The quantitative estimate of drug-likeness (QED) is 0.836. The third-order valence-corrected chi connectivity index (χ3v) is 5.35. The van der Waals surface area contributed by atoms with Crippen LogP contribution in [0.2, 0.25) is 5.02 Å². The van der Waals surface area contributed by atoms with Crippen molar-refractivity contribution in [3.05, 3.63) is 57.0 Å². The van der Waals surface area contributed by atoms with E-state index < -0.39 is 10.0 Å². The van der Waals surface area contributed by atoms with Crippen molar-refractivity contribution in [1.29, 1.82) is 0 Å². The molecule has 0 radical (unpaired) electrons. The average Bonchev–Trinajstić information content (AvgIpc) is 2.42. The fraction of sp³-hybridized carbons (Fsp3) is 0.143. The maximum atomic E-state index is 12.5. The van der Waals surface area contributed by atoms with Crippen LogP contribution in [0.1, 0.15) is 11.1 Å². The topological polar surface area (TPSA) is 66.4 Å². The maximum Gasteiger partial charge on any atom is 0.262 e. The van der Waals surface area contributed by atoms with Gasteiger partial charge in [0, 0.05) is 4.47 Å². The number of hydrogen-bond acceptors (Lipinski definition) is 3. The molecule has 0 saturated heterocycles. The van der Waals surface area contributed by atoms with E-state index in [-0.39, 0.29) is 11.5 Å². The summed E-state index contributed by atoms with van der Waals surface area (Å²) in [5.41, 5.74) is 1.38. The van der Waals surface area contributed by atoms with Crippen molar-refractivity contribution in [2.24, 2.45) is 0 Å². The maximum absolute atomic E-state index is 12.5. The predicted molar refractivity (Wildman–Crippen MR) is 87.1 cm³/mol. The summed E-state index contributed by atoms with van der Waals surface area (Å²) in [7, 11) is -3.77. The molecule has 0 unspecified atom stereocenters. The summed E-state index contributed by atoms with van der Waals surface area (Å²) in [5.74, 6) is 0. The highest BCUT2D eigenvalue weighted by molar-refractivity contribution is 9.10. The molecule has 0 aliphatic carbocycles. The molecule has 0 spiro atoms. The molecule has 0 aromatic heterocycles. The third-order valence-electron chi connectivity index (χ3n) is 3.03. The van der Waals surface area contributed by atoms with Gasteiger partial charge in [0.15, 0.2) is 0 Å². The Bertz CT molecular complexity index is 778. The van der Waals surface area contributed by atoms with Crippen LogP contribution in [0.15, 0.2) is 45.8 Å². The number of aliphatic hydroxyl groups excluding tert-OH is 1. The number of benzene rings is 2. The number of rotatable bonds is 4. The monoisotopic (exact) mass is 389 g/mol. The van der Waals surface area contributed by atoms with Crippen molar-refractivity contribution in [2.45, 2.75) is 18.4 Å². The molecule has 7 heteroatoms. The van der Waals surface area contributed by atoms with E-state index in [0.29, 0.717) is 21.8 Å². The number of aliphatic hydroxyl groups is 1. The van der Waals surface area contributed by atoms with Gasteiger partial charge >= 0.3 is 0 Å². The number of nitrogens with one attached hydrogen (secondary N) is 1. The first-order valence-electron chi connectivity index (χ1n) is 6.02. The van der Waals surface area contributed by atoms with Crippen LogP contribution in [0, 0.1) is 6.92 Å². The van der Waals surface area contributed by atoms with E-state index in [2.05, 4.69) is 20.7 Å². The van der Waals surface area contributed by atoms with Gasteiger partial charge in [-0.3, -0.25) is 4.72 Å². The van der Waals surface area contributed by atoms with Gasteiger partial charge in [-0.15, -0.1) is 0 Å². The molecule has 0 fully saturated rings. The Kier molecular flexibility index (Phi) is 4.93. The first kappa shape index (κ1) is 16.3. The van der Waals surface area contributed by atoms with E-state index in [1.165, 1.54) is 6.07 Å². The lowest BCUT2D eigenvalue weighted by molar-refractivity contribution is 0.280. The third kappa shape index (κ3) is 3.58. The fourth-order valence-corrected chi connectivity index (χ4v) is 4.04. The smallest absolute Gasteiger partial charge is 0.262 e. The van der Waals surface area contributed by atoms with Crippen molar-refractivity contribution < 1.29 is 13.5 Å². The highest BCUT2D eigenvalue weighted by atomic mass is 79.9. The van der Waals surface area contributed by atoms with E-state index in [9.17, 15) is 13.5 Å². The Morgan fingerprint density at radius 1 is 1.29 bits per heavy atom. The average molecular weight is 391 g/mol. The van der Waals surface area contributed by atoms with Gasteiger partial charge in [-0.05, 0) is 42.3 Å². The summed E-state index contributed by atoms with van der Waals surface area (Å²) in [6.07, 6.45) is 0. The lowest BCUT2D eigenvalue weighted by Gasteiger charge is -2.13. The van der Waals surface area contributed by atoms with Gasteiger partial charge in [0.2, 0.25) is 0 Å². The molecule has 0 heterocycles. The predicted octanol–water partition coefficient (Wildman–Crippen LogP) is 3.70. The van der Waals surface area contributed by atoms with Gasteiger partial charge < -0.3 is 5.11 Å². The lowest BCUT2D eigenvalue weighted by Crippen LogP contribution is -2.15. The summed E-state index contributed by atoms with van der Waals surface area (Å²) < 4.78 is 28.1. The van der Waals surface area contributed by atoms with Crippen molar-refractivity contribution >= 4 is 43.2 Å². The van der Waals surface area contributed by atoms with Gasteiger partial charge in [-0.2, -0.15) is 0 Å². The molecule has 4 nitrogen and oxygen atoms in total. The molecule has 2 rings (SSSR count). The lowest BCUT2D eigenvalue weighted by atomic mass is 10.1. The van der Waals surface area contributed by atoms with Crippen LogP contribution >= 0.6 is 27.5 Å². The Hall–Kier alpha value is -1.08. The van der Waals surface area contributed by atoms with Crippen LogP contribution in [-0.2, 0) is 16.6 Å². The second kappa shape index (κ2) is 6.36. The van der Waals surface area contributed by atoms with Crippen LogP contribution in [-0.4, -0.2) is 13.5 Å². The van der Waals surface area contributed by atoms with Gasteiger partial charge in [-0.1, -0.05) is 39.7 Å². The van der Waals surface area contributed by atoms with Crippen molar-refractivity contribution in [3.8, 4) is 0 Å². The van der Waals surface area contributed by atoms with Crippen LogP contribution in [0.5, 0.6) is 0 Å². The van der Waals surface area contributed by atoms with Gasteiger partial charge in [0.1, 0.15) is 0 Å². The number of sulfonamides is 1. The van der Waals surface area contributed by atoms with Crippen LogP contribution < -0.4 is 4.72 Å². The Morgan fingerprint density at radius 2 is 2.00 bits per heavy atom. The van der Waals surface area contributed by atoms with Crippen molar-refractivity contribution in [1.82, 2.24) is 0 Å². The SMILES string of the molecule is Cc1c(CO)cccc1S(=O)(=O)Nc1ccc(Br)cc1Cl. The van der Waals surface area contributed by atoms with Gasteiger partial charge in [0.25, 0.3) is 10.0 Å². The summed E-state index contributed by atoms with van der Waals surface area (Å²) in [6.45, 7) is 1.44. The van der Waals surface area contributed by atoms with Crippen LogP contribution in [0.3, 0.4) is 0 Å². The van der Waals surface area contributed by atoms with E-state index in [0.717, 1.165) is 4.47 Å².